The van der Waals surface area contributed by atoms with Crippen LogP contribution in [0.15, 0.2) is 86.0 Å². The SMILES string of the molecule is C=CCSC12SC(=O)C(c3ccccc3)(S1)C1(c3ccccc3)SC2(SCC=C)SC1=O. The summed E-state index contributed by atoms with van der Waals surface area (Å²) in [5, 5.41) is 0.132. The van der Waals surface area contributed by atoms with Gasteiger partial charge in [0.1, 0.15) is 16.3 Å². The van der Waals surface area contributed by atoms with E-state index in [1.807, 2.05) is 72.8 Å². The van der Waals surface area contributed by atoms with E-state index in [2.05, 4.69) is 13.2 Å². The van der Waals surface area contributed by atoms with Crippen molar-refractivity contribution < 1.29 is 9.59 Å². The lowest BCUT2D eigenvalue weighted by Gasteiger charge is -2.51. The number of carbonyl (C=O) groups excluding carboxylic acids is 2. The number of benzene rings is 2. The highest BCUT2D eigenvalue weighted by Crippen LogP contribution is 2.89. The molecule has 4 atom stereocenters. The lowest BCUT2D eigenvalue weighted by Crippen LogP contribution is -2.53. The second-order valence-corrected chi connectivity index (χ2v) is 16.6. The van der Waals surface area contributed by atoms with Crippen LogP contribution in [0, 0.1) is 0 Å². The van der Waals surface area contributed by atoms with Crippen LogP contribution >= 0.6 is 70.6 Å². The molecular formula is C24H20O2S6. The number of thioether (sulfide) groups is 6. The Kier molecular flexibility index (Phi) is 6.17. The number of carbonyl (C=O) groups is 2. The van der Waals surface area contributed by atoms with Gasteiger partial charge < -0.3 is 0 Å². The zero-order chi connectivity index (χ0) is 22.5. The van der Waals surface area contributed by atoms with Gasteiger partial charge in [0.05, 0.1) is 0 Å². The van der Waals surface area contributed by atoms with Gasteiger partial charge in [0, 0.05) is 11.5 Å². The van der Waals surface area contributed by atoms with E-state index in [1.54, 1.807) is 47.0 Å². The summed E-state index contributed by atoms with van der Waals surface area (Å²) in [4.78, 5) is 28.4. The Morgan fingerprint density at radius 3 is 1.41 bits per heavy atom. The van der Waals surface area contributed by atoms with Gasteiger partial charge in [-0.05, 0) is 11.1 Å². The van der Waals surface area contributed by atoms with E-state index in [0.29, 0.717) is 11.5 Å². The van der Waals surface area contributed by atoms with E-state index in [-0.39, 0.29) is 10.2 Å². The summed E-state index contributed by atoms with van der Waals surface area (Å²) >= 11 is 9.65. The Bertz CT molecular complexity index is 1000. The summed E-state index contributed by atoms with van der Waals surface area (Å²) in [7, 11) is 0. The van der Waals surface area contributed by atoms with E-state index in [0.717, 1.165) is 11.1 Å². The Morgan fingerprint density at radius 1 is 0.688 bits per heavy atom. The normalized spacial score (nSPS) is 35.1. The first-order valence-electron chi connectivity index (χ1n) is 9.98. The zero-order valence-corrected chi connectivity index (χ0v) is 21.9. The van der Waals surface area contributed by atoms with Crippen LogP contribution in [0.25, 0.3) is 0 Å². The smallest absolute Gasteiger partial charge is 0.214 e. The summed E-state index contributed by atoms with van der Waals surface area (Å²) in [6.45, 7) is 7.83. The van der Waals surface area contributed by atoms with Crippen molar-refractivity contribution in [2.24, 2.45) is 0 Å². The maximum absolute atomic E-state index is 14.2. The van der Waals surface area contributed by atoms with Gasteiger partial charge in [-0.25, -0.2) is 0 Å². The lowest BCUT2D eigenvalue weighted by atomic mass is 9.80. The van der Waals surface area contributed by atoms with E-state index in [4.69, 9.17) is 0 Å². The van der Waals surface area contributed by atoms with Crippen molar-refractivity contribution in [2.75, 3.05) is 11.5 Å². The summed E-state index contributed by atoms with van der Waals surface area (Å²) in [5.41, 5.74) is 1.80. The molecule has 0 N–H and O–H groups in total. The number of hydrogen-bond donors (Lipinski definition) is 0. The molecule has 164 valence electrons. The first-order chi connectivity index (χ1) is 15.5. The molecule has 3 aliphatic rings. The minimum atomic E-state index is -1.00. The fourth-order valence-electron chi connectivity index (χ4n) is 4.33. The summed E-state index contributed by atoms with van der Waals surface area (Å²) in [6, 6.07) is 19.8. The lowest BCUT2D eigenvalue weighted by molar-refractivity contribution is -0.120. The highest BCUT2D eigenvalue weighted by Gasteiger charge is 2.85. The fourth-order valence-corrected chi connectivity index (χ4v) is 17.3. The van der Waals surface area contributed by atoms with E-state index < -0.39 is 16.3 Å². The largest absolute Gasteiger partial charge is 0.285 e. The minimum absolute atomic E-state index is 0.0661. The minimum Gasteiger partial charge on any atom is -0.285 e. The highest BCUT2D eigenvalue weighted by molar-refractivity contribution is 8.52. The molecule has 2 aromatic rings. The van der Waals surface area contributed by atoms with Crippen LogP contribution < -0.4 is 0 Å². The van der Waals surface area contributed by atoms with Gasteiger partial charge in [0.15, 0.2) is 0 Å². The molecule has 0 radical (unpaired) electrons. The van der Waals surface area contributed by atoms with Crippen LogP contribution in [0.2, 0.25) is 0 Å². The molecule has 3 fully saturated rings. The van der Waals surface area contributed by atoms with Crippen molar-refractivity contribution >= 4 is 80.8 Å². The van der Waals surface area contributed by atoms with Crippen LogP contribution in [0.1, 0.15) is 11.1 Å². The fraction of sp³-hybridized carbons (Fsp3) is 0.250. The third-order valence-corrected chi connectivity index (χ3v) is 18.1. The summed E-state index contributed by atoms with van der Waals surface area (Å²) in [5.74, 6) is 1.42. The molecule has 3 heterocycles. The van der Waals surface area contributed by atoms with Gasteiger partial charge in [-0.15, -0.1) is 60.2 Å². The first kappa shape index (κ1) is 23.1. The molecule has 0 aliphatic carbocycles. The zero-order valence-electron chi connectivity index (χ0n) is 17.0. The van der Waals surface area contributed by atoms with Crippen LogP contribution in [-0.4, -0.2) is 28.6 Å². The van der Waals surface area contributed by atoms with Crippen molar-refractivity contribution in [2.45, 2.75) is 16.3 Å². The molecular weight excluding hydrogens is 513 g/mol. The Morgan fingerprint density at radius 2 is 1.06 bits per heavy atom. The van der Waals surface area contributed by atoms with Gasteiger partial charge in [0.2, 0.25) is 10.2 Å². The molecule has 0 spiro atoms. The van der Waals surface area contributed by atoms with Crippen LogP contribution in [-0.2, 0) is 19.1 Å². The molecule has 4 unspecified atom stereocenters. The predicted octanol–water partition coefficient (Wildman–Crippen LogP) is 6.95. The molecule has 5 rings (SSSR count). The highest BCUT2D eigenvalue weighted by atomic mass is 32.3. The van der Waals surface area contributed by atoms with Crippen LogP contribution in [0.3, 0.4) is 0 Å². The second-order valence-electron chi connectivity index (χ2n) is 7.39. The maximum Gasteiger partial charge on any atom is 0.214 e. The van der Waals surface area contributed by atoms with E-state index >= 15 is 0 Å². The average molecular weight is 533 g/mol. The summed E-state index contributed by atoms with van der Waals surface area (Å²) in [6.07, 6.45) is 3.76. The third kappa shape index (κ3) is 2.96. The number of fused-ring (bicyclic) bond motifs is 6. The van der Waals surface area contributed by atoms with E-state index in [9.17, 15) is 9.59 Å². The molecule has 2 nitrogen and oxygen atoms in total. The molecule has 0 aromatic heterocycles. The van der Waals surface area contributed by atoms with Gasteiger partial charge >= 0.3 is 0 Å². The third-order valence-electron chi connectivity index (χ3n) is 5.62. The van der Waals surface area contributed by atoms with Crippen molar-refractivity contribution in [1.82, 2.24) is 0 Å². The monoisotopic (exact) mass is 532 g/mol. The molecule has 32 heavy (non-hydrogen) atoms. The van der Waals surface area contributed by atoms with E-state index in [1.165, 1.54) is 23.5 Å². The molecule has 3 aliphatic heterocycles. The average Bonchev–Trinajstić information content (AvgIpc) is 3.28. The first-order valence-corrected chi connectivity index (χ1v) is 15.2. The maximum atomic E-state index is 14.2. The standard InChI is InChI=1S/C24H20O2S6/c1-3-15-27-23-24(28-16-4-2)30-20(26)22(32-24,18-13-9-6-10-14-18)21(31-23,19(25)29-23)17-11-7-5-8-12-17/h3-14H,1-2,15-16H2. The quantitative estimate of drug-likeness (QED) is 0.338. The predicted molar refractivity (Wildman–Crippen MR) is 147 cm³/mol. The van der Waals surface area contributed by atoms with Gasteiger partial charge in [-0.2, -0.15) is 0 Å². The number of rotatable bonds is 8. The molecule has 3 saturated heterocycles. The molecule has 8 heteroatoms. The van der Waals surface area contributed by atoms with Gasteiger partial charge in [-0.3, -0.25) is 9.59 Å². The Labute approximate surface area is 214 Å². The Balaban J connectivity index is 1.82. The summed E-state index contributed by atoms with van der Waals surface area (Å²) < 4.78 is -3.06. The van der Waals surface area contributed by atoms with Gasteiger partial charge in [-0.1, -0.05) is 96.3 Å². The van der Waals surface area contributed by atoms with Crippen molar-refractivity contribution in [1.29, 1.82) is 0 Å². The van der Waals surface area contributed by atoms with Crippen molar-refractivity contribution in [3.63, 3.8) is 0 Å². The molecule has 2 aromatic carbocycles. The molecule has 0 amide bonds. The van der Waals surface area contributed by atoms with Gasteiger partial charge in [0.25, 0.3) is 0 Å². The van der Waals surface area contributed by atoms with Crippen LogP contribution in [0.5, 0.6) is 0 Å². The topological polar surface area (TPSA) is 34.1 Å². The second kappa shape index (κ2) is 8.54. The molecule has 4 bridgehead atoms. The van der Waals surface area contributed by atoms with Crippen molar-refractivity contribution in [3.05, 3.63) is 97.1 Å². The van der Waals surface area contributed by atoms with Crippen molar-refractivity contribution in [3.8, 4) is 0 Å². The Hall–Kier alpha value is -0.640. The molecule has 0 saturated carbocycles. The number of hydrogen-bond acceptors (Lipinski definition) is 8. The van der Waals surface area contributed by atoms with Crippen LogP contribution in [0.4, 0.5) is 0 Å².